The smallest absolute Gasteiger partial charge is 0.306 e. The van der Waals surface area contributed by atoms with Gasteiger partial charge in [0.2, 0.25) is 0 Å². The van der Waals surface area contributed by atoms with Gasteiger partial charge in [-0.15, -0.1) is 0 Å². The molecule has 0 aliphatic carbocycles. The van der Waals surface area contributed by atoms with Crippen LogP contribution in [0.5, 0.6) is 5.75 Å². The number of esters is 1. The first kappa shape index (κ1) is 11.6. The van der Waals surface area contributed by atoms with Gasteiger partial charge in [0.1, 0.15) is 12.4 Å². The van der Waals surface area contributed by atoms with Crippen LogP contribution in [0.15, 0.2) is 24.3 Å². The standard InChI is InChI=1S/C12H16O3/c1-3-4-12(13)15-9-10-5-7-11(14-2)8-6-10/h5-8H,3-4,9H2,1-2H3. The average Bonchev–Trinajstić information content (AvgIpc) is 2.27. The van der Waals surface area contributed by atoms with Crippen LogP contribution >= 0.6 is 0 Å². The molecular formula is C12H16O3. The lowest BCUT2D eigenvalue weighted by Crippen LogP contribution is -2.03. The van der Waals surface area contributed by atoms with Crippen LogP contribution in [0.4, 0.5) is 0 Å². The van der Waals surface area contributed by atoms with E-state index in [4.69, 9.17) is 9.47 Å². The van der Waals surface area contributed by atoms with E-state index < -0.39 is 0 Å². The van der Waals surface area contributed by atoms with Gasteiger partial charge in [-0.3, -0.25) is 4.79 Å². The number of benzene rings is 1. The lowest BCUT2D eigenvalue weighted by Gasteiger charge is -2.05. The normalized spacial score (nSPS) is 9.73. The van der Waals surface area contributed by atoms with Crippen molar-refractivity contribution in [2.24, 2.45) is 0 Å². The van der Waals surface area contributed by atoms with Crippen LogP contribution in [-0.4, -0.2) is 13.1 Å². The van der Waals surface area contributed by atoms with E-state index in [9.17, 15) is 4.79 Å². The van der Waals surface area contributed by atoms with Crippen molar-refractivity contribution in [3.05, 3.63) is 29.8 Å². The highest BCUT2D eigenvalue weighted by Crippen LogP contribution is 2.12. The highest BCUT2D eigenvalue weighted by Gasteiger charge is 2.01. The van der Waals surface area contributed by atoms with Crippen molar-refractivity contribution in [1.29, 1.82) is 0 Å². The monoisotopic (exact) mass is 208 g/mol. The molecule has 1 aromatic carbocycles. The van der Waals surface area contributed by atoms with Gasteiger partial charge >= 0.3 is 5.97 Å². The van der Waals surface area contributed by atoms with Gasteiger partial charge in [0, 0.05) is 6.42 Å². The summed E-state index contributed by atoms with van der Waals surface area (Å²) in [6, 6.07) is 7.47. The molecule has 0 N–H and O–H groups in total. The zero-order chi connectivity index (χ0) is 11.1. The largest absolute Gasteiger partial charge is 0.497 e. The van der Waals surface area contributed by atoms with Crippen LogP contribution in [0.3, 0.4) is 0 Å². The number of hydrogen-bond donors (Lipinski definition) is 0. The van der Waals surface area contributed by atoms with Crippen molar-refractivity contribution in [1.82, 2.24) is 0 Å². The second kappa shape index (κ2) is 6.06. The Hall–Kier alpha value is -1.51. The molecular weight excluding hydrogens is 192 g/mol. The van der Waals surface area contributed by atoms with Crippen LogP contribution < -0.4 is 4.74 Å². The Kier molecular flexibility index (Phi) is 4.68. The Balaban J connectivity index is 2.40. The Morgan fingerprint density at radius 1 is 1.27 bits per heavy atom. The molecule has 3 heteroatoms. The Labute approximate surface area is 90.0 Å². The van der Waals surface area contributed by atoms with Crippen molar-refractivity contribution in [2.75, 3.05) is 7.11 Å². The molecule has 82 valence electrons. The Bertz CT molecular complexity index is 303. The summed E-state index contributed by atoms with van der Waals surface area (Å²) in [4.78, 5) is 11.1. The molecule has 0 atom stereocenters. The van der Waals surface area contributed by atoms with Gasteiger partial charge in [-0.1, -0.05) is 19.1 Å². The maximum atomic E-state index is 11.1. The topological polar surface area (TPSA) is 35.5 Å². The van der Waals surface area contributed by atoms with Gasteiger partial charge in [-0.25, -0.2) is 0 Å². The third-order valence-corrected chi connectivity index (χ3v) is 2.01. The van der Waals surface area contributed by atoms with Crippen LogP contribution in [-0.2, 0) is 16.1 Å². The molecule has 0 bridgehead atoms. The molecule has 3 nitrogen and oxygen atoms in total. The minimum Gasteiger partial charge on any atom is -0.497 e. The highest BCUT2D eigenvalue weighted by molar-refractivity contribution is 5.69. The quantitative estimate of drug-likeness (QED) is 0.697. The van der Waals surface area contributed by atoms with Crippen LogP contribution in [0.1, 0.15) is 25.3 Å². The van der Waals surface area contributed by atoms with Crippen molar-refractivity contribution >= 4 is 5.97 Å². The summed E-state index contributed by atoms with van der Waals surface area (Å²) in [5, 5.41) is 0. The second-order valence-electron chi connectivity index (χ2n) is 3.26. The summed E-state index contributed by atoms with van der Waals surface area (Å²) in [7, 11) is 1.62. The van der Waals surface area contributed by atoms with Crippen molar-refractivity contribution < 1.29 is 14.3 Å². The van der Waals surface area contributed by atoms with E-state index in [1.54, 1.807) is 7.11 Å². The minimum atomic E-state index is -0.145. The van der Waals surface area contributed by atoms with E-state index in [0.29, 0.717) is 13.0 Å². The number of carbonyl (C=O) groups is 1. The molecule has 0 spiro atoms. The van der Waals surface area contributed by atoms with Gasteiger partial charge in [0.05, 0.1) is 7.11 Å². The molecule has 15 heavy (non-hydrogen) atoms. The maximum Gasteiger partial charge on any atom is 0.306 e. The van der Waals surface area contributed by atoms with Crippen molar-refractivity contribution in [3.8, 4) is 5.75 Å². The molecule has 0 aliphatic rings. The van der Waals surface area contributed by atoms with E-state index in [1.165, 1.54) is 0 Å². The first-order valence-corrected chi connectivity index (χ1v) is 5.04. The van der Waals surface area contributed by atoms with Gasteiger partial charge < -0.3 is 9.47 Å². The van der Waals surface area contributed by atoms with Gasteiger partial charge in [0.25, 0.3) is 0 Å². The molecule has 0 amide bonds. The first-order chi connectivity index (χ1) is 7.26. The third-order valence-electron chi connectivity index (χ3n) is 2.01. The zero-order valence-corrected chi connectivity index (χ0v) is 9.16. The summed E-state index contributed by atoms with van der Waals surface area (Å²) < 4.78 is 10.1. The Morgan fingerprint density at radius 2 is 1.93 bits per heavy atom. The van der Waals surface area contributed by atoms with Crippen molar-refractivity contribution in [3.63, 3.8) is 0 Å². The second-order valence-corrected chi connectivity index (χ2v) is 3.26. The predicted octanol–water partition coefficient (Wildman–Crippen LogP) is 2.54. The number of methoxy groups -OCH3 is 1. The first-order valence-electron chi connectivity index (χ1n) is 5.04. The van der Waals surface area contributed by atoms with Gasteiger partial charge in [-0.2, -0.15) is 0 Å². The lowest BCUT2D eigenvalue weighted by atomic mass is 10.2. The SMILES string of the molecule is CCCC(=O)OCc1ccc(OC)cc1. The summed E-state index contributed by atoms with van der Waals surface area (Å²) in [5.74, 6) is 0.659. The Morgan fingerprint density at radius 3 is 2.47 bits per heavy atom. The molecule has 0 heterocycles. The molecule has 0 saturated carbocycles. The fourth-order valence-corrected chi connectivity index (χ4v) is 1.16. The highest BCUT2D eigenvalue weighted by atomic mass is 16.5. The maximum absolute atomic E-state index is 11.1. The third kappa shape index (κ3) is 4.02. The van der Waals surface area contributed by atoms with E-state index in [-0.39, 0.29) is 5.97 Å². The summed E-state index contributed by atoms with van der Waals surface area (Å²) in [5.41, 5.74) is 0.972. The molecule has 0 aromatic heterocycles. The lowest BCUT2D eigenvalue weighted by molar-refractivity contribution is -0.144. The van der Waals surface area contributed by atoms with Gasteiger partial charge in [-0.05, 0) is 24.1 Å². The molecule has 1 rings (SSSR count). The fraction of sp³-hybridized carbons (Fsp3) is 0.417. The number of carbonyl (C=O) groups excluding carboxylic acids is 1. The minimum absolute atomic E-state index is 0.145. The fourth-order valence-electron chi connectivity index (χ4n) is 1.16. The summed E-state index contributed by atoms with van der Waals surface area (Å²) in [6.45, 7) is 2.29. The number of ether oxygens (including phenoxy) is 2. The summed E-state index contributed by atoms with van der Waals surface area (Å²) in [6.07, 6.45) is 1.30. The van der Waals surface area contributed by atoms with Crippen LogP contribution in [0.25, 0.3) is 0 Å². The summed E-state index contributed by atoms with van der Waals surface area (Å²) >= 11 is 0. The molecule has 1 aromatic rings. The van der Waals surface area contributed by atoms with Crippen LogP contribution in [0, 0.1) is 0 Å². The molecule has 0 radical (unpaired) electrons. The zero-order valence-electron chi connectivity index (χ0n) is 9.16. The molecule has 0 aliphatic heterocycles. The number of rotatable bonds is 5. The van der Waals surface area contributed by atoms with E-state index >= 15 is 0 Å². The van der Waals surface area contributed by atoms with E-state index in [2.05, 4.69) is 0 Å². The predicted molar refractivity (Wildman–Crippen MR) is 57.7 cm³/mol. The van der Waals surface area contributed by atoms with E-state index in [1.807, 2.05) is 31.2 Å². The number of hydrogen-bond acceptors (Lipinski definition) is 3. The van der Waals surface area contributed by atoms with Gasteiger partial charge in [0.15, 0.2) is 0 Å². The average molecular weight is 208 g/mol. The molecule has 0 unspecified atom stereocenters. The molecule has 0 saturated heterocycles. The van der Waals surface area contributed by atoms with Crippen molar-refractivity contribution in [2.45, 2.75) is 26.4 Å². The molecule has 0 fully saturated rings. The van der Waals surface area contributed by atoms with Crippen LogP contribution in [0.2, 0.25) is 0 Å². The van der Waals surface area contributed by atoms with E-state index in [0.717, 1.165) is 17.7 Å².